The predicted octanol–water partition coefficient (Wildman–Crippen LogP) is 5.56. The van der Waals surface area contributed by atoms with Gasteiger partial charge in [0.05, 0.1) is 0 Å². The van der Waals surface area contributed by atoms with Crippen LogP contribution in [-0.2, 0) is 27.5 Å². The van der Waals surface area contributed by atoms with E-state index in [-0.39, 0.29) is 48.6 Å². The zero-order valence-electron chi connectivity index (χ0n) is 30.3. The van der Waals surface area contributed by atoms with Crippen molar-refractivity contribution in [2.45, 2.75) is 136 Å². The van der Waals surface area contributed by atoms with Crippen LogP contribution in [0.3, 0.4) is 0 Å². The van der Waals surface area contributed by atoms with E-state index >= 15 is 0 Å². The van der Waals surface area contributed by atoms with Gasteiger partial charge in [-0.05, 0) is 64.0 Å². The van der Waals surface area contributed by atoms with Crippen molar-refractivity contribution in [3.63, 3.8) is 0 Å². The largest absolute Gasteiger partial charge is 0.361 e. The third-order valence-electron chi connectivity index (χ3n) is 9.58. The molecule has 4 rings (SSSR count). The lowest BCUT2D eigenvalue weighted by Crippen LogP contribution is -2.47. The first-order valence-corrected chi connectivity index (χ1v) is 24.9. The molecule has 1 aliphatic heterocycles. The van der Waals surface area contributed by atoms with E-state index in [1.807, 2.05) is 20.8 Å². The van der Waals surface area contributed by atoms with Crippen LogP contribution in [0.15, 0.2) is 15.8 Å². The fourth-order valence-electron chi connectivity index (χ4n) is 6.35. The fourth-order valence-corrected chi connectivity index (χ4v) is 7.87. The Kier molecular flexibility index (Phi) is 11.8. The molecule has 3 heterocycles. The van der Waals surface area contributed by atoms with Crippen LogP contribution in [-0.4, -0.2) is 88.8 Å². The van der Waals surface area contributed by atoms with Crippen LogP contribution in [0.2, 0.25) is 51.4 Å². The number of carbonyl (C=O) groups excluding carboxylic acids is 2. The average Bonchev–Trinajstić information content (AvgIpc) is 3.47. The molecule has 1 saturated carbocycles. The lowest BCUT2D eigenvalue weighted by Gasteiger charge is -2.35. The first-order valence-electron chi connectivity index (χ1n) is 17.5. The van der Waals surface area contributed by atoms with Crippen molar-refractivity contribution >= 4 is 39.1 Å². The van der Waals surface area contributed by atoms with Crippen LogP contribution in [0.1, 0.15) is 65.3 Å². The summed E-state index contributed by atoms with van der Waals surface area (Å²) in [5, 5.41) is 5.14. The summed E-state index contributed by atoms with van der Waals surface area (Å²) in [5.74, 6) is -0.0444. The second-order valence-corrected chi connectivity index (χ2v) is 27.7. The van der Waals surface area contributed by atoms with E-state index in [0.29, 0.717) is 50.2 Å². The highest BCUT2D eigenvalue weighted by Crippen LogP contribution is 2.36. The number of hydrogen-bond acceptors (Lipinski definition) is 7. The van der Waals surface area contributed by atoms with Gasteiger partial charge in [0.25, 0.3) is 11.5 Å². The molecule has 0 spiro atoms. The van der Waals surface area contributed by atoms with Crippen molar-refractivity contribution in [2.24, 2.45) is 5.92 Å². The predicted molar refractivity (Wildman–Crippen MR) is 190 cm³/mol. The quantitative estimate of drug-likeness (QED) is 0.129. The molecule has 1 saturated heterocycles. The zero-order chi connectivity index (χ0) is 34.7. The van der Waals surface area contributed by atoms with Crippen LogP contribution in [0.5, 0.6) is 0 Å². The molecule has 264 valence electrons. The van der Waals surface area contributed by atoms with Crippen LogP contribution < -0.4 is 11.2 Å². The second kappa shape index (κ2) is 14.9. The normalized spacial score (nSPS) is 20.6. The highest BCUT2D eigenvalue weighted by atomic mass is 28.3. The van der Waals surface area contributed by atoms with E-state index in [1.165, 1.54) is 9.47 Å². The summed E-state index contributed by atoms with van der Waals surface area (Å²) in [6.07, 6.45) is 6.32. The van der Waals surface area contributed by atoms with Gasteiger partial charge in [-0.2, -0.15) is 5.10 Å². The zero-order valence-corrected chi connectivity index (χ0v) is 32.3. The summed E-state index contributed by atoms with van der Waals surface area (Å²) >= 11 is 0. The van der Waals surface area contributed by atoms with Gasteiger partial charge in [-0.3, -0.25) is 18.7 Å². The van der Waals surface area contributed by atoms with Crippen LogP contribution in [0.4, 0.5) is 4.79 Å². The standard InChI is InChI=1S/C33H58N6O6Si2/c1-10-11-16-36-29(40)27-22-35(23-44-17-19-46(4,5)6)34-28(27)39(32(36)43)26-14-12-25(13-15-26)21-38-31(42)37(30(41)33(38,2)3)24-45-18-20-47(7,8)9/h22,25-26H,10-21,23-24H2,1-9H3. The Labute approximate surface area is 281 Å². The van der Waals surface area contributed by atoms with E-state index in [2.05, 4.69) is 39.3 Å². The SMILES string of the molecule is CCCCn1c(=O)c2cn(COCC[Si](C)(C)C)nc2n(C2CCC(CN3C(=O)N(COCC[Si](C)(C)C)C(=O)C3(C)C)CC2)c1=O. The monoisotopic (exact) mass is 690 g/mol. The number of imide groups is 1. The van der Waals surface area contributed by atoms with Gasteiger partial charge in [0.2, 0.25) is 0 Å². The fraction of sp³-hybridized carbons (Fsp3) is 0.788. The van der Waals surface area contributed by atoms with Crippen molar-refractivity contribution < 1.29 is 19.1 Å². The summed E-state index contributed by atoms with van der Waals surface area (Å²) in [6.45, 7) is 21.6. The second-order valence-electron chi connectivity index (χ2n) is 16.4. The van der Waals surface area contributed by atoms with E-state index < -0.39 is 21.7 Å². The molecule has 12 nitrogen and oxygen atoms in total. The van der Waals surface area contributed by atoms with Crippen LogP contribution in [0, 0.1) is 5.92 Å². The number of rotatable bonds is 16. The first kappa shape index (κ1) is 37.3. The van der Waals surface area contributed by atoms with Gasteiger partial charge in [-0.15, -0.1) is 0 Å². The van der Waals surface area contributed by atoms with E-state index in [0.717, 1.165) is 37.8 Å². The number of hydrogen-bond donors (Lipinski definition) is 0. The molecule has 0 N–H and O–H groups in total. The topological polar surface area (TPSA) is 121 Å². The third kappa shape index (κ3) is 8.92. The summed E-state index contributed by atoms with van der Waals surface area (Å²) in [7, 11) is -2.53. The number of nitrogens with zero attached hydrogens (tertiary/aromatic N) is 6. The molecule has 14 heteroatoms. The van der Waals surface area contributed by atoms with Gasteiger partial charge in [0, 0.05) is 54.7 Å². The summed E-state index contributed by atoms with van der Waals surface area (Å²) in [6, 6.07) is 1.59. The summed E-state index contributed by atoms with van der Waals surface area (Å²) in [5.41, 5.74) is -1.14. The van der Waals surface area contributed by atoms with E-state index in [4.69, 9.17) is 14.6 Å². The third-order valence-corrected chi connectivity index (χ3v) is 13.0. The molecule has 0 radical (unpaired) electrons. The lowest BCUT2D eigenvalue weighted by atomic mass is 9.85. The molecule has 0 atom stereocenters. The Morgan fingerprint density at radius 2 is 1.49 bits per heavy atom. The summed E-state index contributed by atoms with van der Waals surface area (Å²) < 4.78 is 16.4. The molecule has 2 aromatic heterocycles. The van der Waals surface area contributed by atoms with Crippen molar-refractivity contribution in [1.82, 2.24) is 28.7 Å². The van der Waals surface area contributed by atoms with Gasteiger partial charge in [-0.25, -0.2) is 19.2 Å². The van der Waals surface area contributed by atoms with Gasteiger partial charge < -0.3 is 14.4 Å². The maximum Gasteiger partial charge on any atom is 0.332 e. The molecule has 0 bridgehead atoms. The van der Waals surface area contributed by atoms with Gasteiger partial charge in [0.15, 0.2) is 5.65 Å². The van der Waals surface area contributed by atoms with Crippen molar-refractivity contribution in [3.05, 3.63) is 27.0 Å². The Morgan fingerprint density at radius 3 is 2.06 bits per heavy atom. The lowest BCUT2D eigenvalue weighted by molar-refractivity contribution is -0.135. The number of urea groups is 1. The molecule has 47 heavy (non-hydrogen) atoms. The molecule has 1 aliphatic carbocycles. The number of aromatic nitrogens is 4. The molecular formula is C33H58N6O6Si2. The molecule has 0 unspecified atom stereocenters. The van der Waals surface area contributed by atoms with Crippen molar-refractivity contribution in [3.8, 4) is 0 Å². The van der Waals surface area contributed by atoms with Crippen LogP contribution in [0.25, 0.3) is 11.0 Å². The molecule has 2 aliphatic rings. The number of ether oxygens (including phenoxy) is 2. The number of amides is 3. The highest BCUT2D eigenvalue weighted by molar-refractivity contribution is 6.76. The minimum Gasteiger partial charge on any atom is -0.361 e. The molecule has 2 aromatic rings. The highest BCUT2D eigenvalue weighted by Gasteiger charge is 2.51. The molecule has 0 aromatic carbocycles. The Hall–Kier alpha value is -2.56. The van der Waals surface area contributed by atoms with E-state index in [1.54, 1.807) is 20.3 Å². The minimum atomic E-state index is -1.28. The Morgan fingerprint density at radius 1 is 0.894 bits per heavy atom. The number of carbonyl (C=O) groups is 2. The van der Waals surface area contributed by atoms with Crippen molar-refractivity contribution in [2.75, 3.05) is 26.5 Å². The first-order chi connectivity index (χ1) is 21.9. The number of unbranched alkanes of at least 4 members (excludes halogenated alkanes) is 1. The maximum absolute atomic E-state index is 13.9. The Bertz CT molecular complexity index is 1530. The molecular weight excluding hydrogens is 633 g/mol. The maximum atomic E-state index is 13.9. The smallest absolute Gasteiger partial charge is 0.332 e. The van der Waals surface area contributed by atoms with Crippen LogP contribution >= 0.6 is 0 Å². The van der Waals surface area contributed by atoms with Crippen molar-refractivity contribution in [1.29, 1.82) is 0 Å². The Balaban J connectivity index is 1.47. The minimum absolute atomic E-state index is 0.0164. The summed E-state index contributed by atoms with van der Waals surface area (Å²) in [4.78, 5) is 57.0. The van der Waals surface area contributed by atoms with E-state index in [9.17, 15) is 19.2 Å². The molecule has 3 amide bonds. The van der Waals surface area contributed by atoms with Gasteiger partial charge >= 0.3 is 11.7 Å². The molecule has 2 fully saturated rings. The van der Waals surface area contributed by atoms with Gasteiger partial charge in [0.1, 0.15) is 24.4 Å². The average molecular weight is 691 g/mol. The number of fused-ring (bicyclic) bond motifs is 1. The van der Waals surface area contributed by atoms with Gasteiger partial charge in [-0.1, -0.05) is 52.6 Å².